The lowest BCUT2D eigenvalue weighted by Crippen LogP contribution is -2.37. The molecule has 0 aliphatic heterocycles. The number of nitrogens with one attached hydrogen (secondary N) is 3. The normalized spacial score (nSPS) is 11.7. The van der Waals surface area contributed by atoms with Crippen LogP contribution in [0.2, 0.25) is 0 Å². The van der Waals surface area contributed by atoms with Gasteiger partial charge in [0.25, 0.3) is 5.91 Å². The maximum Gasteiger partial charge on any atom is 0.251 e. The lowest BCUT2D eigenvalue weighted by molar-refractivity contribution is 0.0941. The van der Waals surface area contributed by atoms with Crippen LogP contribution >= 0.6 is 0 Å². The first-order valence-corrected chi connectivity index (χ1v) is 10.8. The molecule has 33 heavy (non-hydrogen) atoms. The minimum absolute atomic E-state index is 0.138. The van der Waals surface area contributed by atoms with Crippen LogP contribution < -0.4 is 16.1 Å². The van der Waals surface area contributed by atoms with E-state index in [1.807, 2.05) is 67.6 Å². The Labute approximate surface area is 191 Å². The molecule has 0 saturated carbocycles. The highest BCUT2D eigenvalue weighted by Crippen LogP contribution is 2.19. The predicted octanol–water partition coefficient (Wildman–Crippen LogP) is 4.63. The molecule has 0 saturated heterocycles. The molecule has 0 bridgehead atoms. The van der Waals surface area contributed by atoms with Crippen LogP contribution in [0.1, 0.15) is 34.6 Å². The summed E-state index contributed by atoms with van der Waals surface area (Å²) in [5, 5.41) is 6.68. The van der Waals surface area contributed by atoms with Gasteiger partial charge in [-0.25, -0.2) is 0 Å². The molecule has 3 aromatic carbocycles. The Hall–Kier alpha value is -4.19. The Kier molecular flexibility index (Phi) is 6.36. The van der Waals surface area contributed by atoms with Gasteiger partial charge in [0.2, 0.25) is 0 Å². The van der Waals surface area contributed by atoms with Crippen LogP contribution in [-0.4, -0.2) is 29.3 Å². The largest absolute Gasteiger partial charge is 0.383 e. The molecule has 3 N–H and O–H groups in total. The van der Waals surface area contributed by atoms with Crippen molar-refractivity contribution in [2.75, 3.05) is 11.9 Å². The molecular weight excluding hydrogens is 414 g/mol. The van der Waals surface area contributed by atoms with Crippen molar-refractivity contribution < 1.29 is 9.59 Å². The van der Waals surface area contributed by atoms with E-state index in [1.165, 1.54) is 13.1 Å². The number of Topliss-reactive ketones (excluding diaryl/α,β-unsaturated/α-hetero) is 1. The smallest absolute Gasteiger partial charge is 0.251 e. The number of aromatic nitrogens is 1. The molecule has 1 amide bonds. The van der Waals surface area contributed by atoms with Gasteiger partial charge in [-0.15, -0.1) is 0 Å². The monoisotopic (exact) mass is 439 g/mol. The summed E-state index contributed by atoms with van der Waals surface area (Å²) >= 11 is 0. The van der Waals surface area contributed by atoms with E-state index < -0.39 is 0 Å². The first-order valence-electron chi connectivity index (χ1n) is 10.8. The topological polar surface area (TPSA) is 91.1 Å². The van der Waals surface area contributed by atoms with Gasteiger partial charge >= 0.3 is 0 Å². The summed E-state index contributed by atoms with van der Waals surface area (Å²) < 4.78 is 0. The molecule has 0 unspecified atom stereocenters. The Bertz CT molecular complexity index is 1360. The molecule has 4 rings (SSSR count). The number of carbonyl (C=O) groups is 2. The van der Waals surface area contributed by atoms with Gasteiger partial charge in [-0.1, -0.05) is 42.5 Å². The van der Waals surface area contributed by atoms with Crippen LogP contribution in [0.4, 0.5) is 5.69 Å². The van der Waals surface area contributed by atoms with Gasteiger partial charge in [-0.05, 0) is 55.3 Å². The Morgan fingerprint density at radius 2 is 1.64 bits per heavy atom. The molecule has 0 aliphatic rings. The molecule has 1 atom stereocenters. The molecule has 166 valence electrons. The number of hydrogen-bond acceptors (Lipinski definition) is 4. The SMILES string of the molecule is CC(=O)c1c[nH]c2ccc(NC[C@H](C)NC(=O)c3ccc(-c4ccccc4)cc3)cc2c1=O. The fraction of sp³-hybridized carbons (Fsp3) is 0.148. The van der Waals surface area contributed by atoms with Gasteiger partial charge in [-0.3, -0.25) is 14.4 Å². The number of fused-ring (bicyclic) bond motifs is 1. The Morgan fingerprint density at radius 3 is 2.33 bits per heavy atom. The number of hydrogen-bond donors (Lipinski definition) is 3. The molecule has 0 fully saturated rings. The highest BCUT2D eigenvalue weighted by molar-refractivity contribution is 5.97. The number of amides is 1. The summed E-state index contributed by atoms with van der Waals surface area (Å²) in [6.45, 7) is 3.76. The van der Waals surface area contributed by atoms with Crippen LogP contribution in [0.15, 0.2) is 83.8 Å². The molecule has 6 heteroatoms. The molecule has 1 aromatic heterocycles. The van der Waals surface area contributed by atoms with E-state index in [0.717, 1.165) is 16.8 Å². The zero-order valence-corrected chi connectivity index (χ0v) is 18.5. The molecular formula is C27H25N3O3. The lowest BCUT2D eigenvalue weighted by Gasteiger charge is -2.16. The van der Waals surface area contributed by atoms with Crippen molar-refractivity contribution in [3.63, 3.8) is 0 Å². The molecule has 6 nitrogen and oxygen atoms in total. The van der Waals surface area contributed by atoms with Crippen molar-refractivity contribution in [2.24, 2.45) is 0 Å². The van der Waals surface area contributed by atoms with Crippen LogP contribution in [0.5, 0.6) is 0 Å². The molecule has 4 aromatic rings. The van der Waals surface area contributed by atoms with Crippen molar-refractivity contribution >= 4 is 28.3 Å². The van der Waals surface area contributed by atoms with Gasteiger partial charge < -0.3 is 15.6 Å². The first-order chi connectivity index (χ1) is 15.9. The zero-order chi connectivity index (χ0) is 23.4. The molecule has 0 radical (unpaired) electrons. The zero-order valence-electron chi connectivity index (χ0n) is 18.5. The Morgan fingerprint density at radius 1 is 0.939 bits per heavy atom. The number of benzene rings is 3. The summed E-state index contributed by atoms with van der Waals surface area (Å²) in [6, 6.07) is 22.7. The third kappa shape index (κ3) is 5.01. The van der Waals surface area contributed by atoms with Crippen LogP contribution in [0.3, 0.4) is 0 Å². The van der Waals surface area contributed by atoms with Crippen molar-refractivity contribution in [3.05, 3.63) is 100 Å². The number of rotatable bonds is 7. The van der Waals surface area contributed by atoms with Gasteiger partial charge in [0.1, 0.15) is 0 Å². The second-order valence-electron chi connectivity index (χ2n) is 8.05. The minimum atomic E-state index is -0.291. The fourth-order valence-corrected chi connectivity index (χ4v) is 3.66. The number of ketones is 1. The van der Waals surface area contributed by atoms with Crippen molar-refractivity contribution in [1.29, 1.82) is 0 Å². The summed E-state index contributed by atoms with van der Waals surface area (Å²) in [4.78, 5) is 39.8. The van der Waals surface area contributed by atoms with Gasteiger partial charge in [0.15, 0.2) is 11.2 Å². The Balaban J connectivity index is 1.39. The van der Waals surface area contributed by atoms with Crippen molar-refractivity contribution in [3.8, 4) is 11.1 Å². The van der Waals surface area contributed by atoms with E-state index in [1.54, 1.807) is 12.1 Å². The number of H-pyrrole nitrogens is 1. The second kappa shape index (κ2) is 9.53. The lowest BCUT2D eigenvalue weighted by atomic mass is 10.0. The number of pyridine rings is 1. The van der Waals surface area contributed by atoms with E-state index in [9.17, 15) is 14.4 Å². The number of carbonyl (C=O) groups excluding carboxylic acids is 2. The quantitative estimate of drug-likeness (QED) is 0.366. The van der Waals surface area contributed by atoms with Crippen molar-refractivity contribution in [2.45, 2.75) is 19.9 Å². The third-order valence-corrected chi connectivity index (χ3v) is 5.50. The summed E-state index contributed by atoms with van der Waals surface area (Å²) in [6.07, 6.45) is 1.45. The second-order valence-corrected chi connectivity index (χ2v) is 8.05. The molecule has 0 aliphatic carbocycles. The van der Waals surface area contributed by atoms with Gasteiger partial charge in [0, 0.05) is 40.9 Å². The molecule has 0 spiro atoms. The van der Waals surface area contributed by atoms with Gasteiger partial charge in [0.05, 0.1) is 5.56 Å². The van der Waals surface area contributed by atoms with Crippen LogP contribution in [0, 0.1) is 0 Å². The maximum atomic E-state index is 12.6. The summed E-state index contributed by atoms with van der Waals surface area (Å²) in [7, 11) is 0. The maximum absolute atomic E-state index is 12.6. The van der Waals surface area contributed by atoms with E-state index in [-0.39, 0.29) is 28.7 Å². The van der Waals surface area contributed by atoms with E-state index >= 15 is 0 Å². The summed E-state index contributed by atoms with van der Waals surface area (Å²) in [5.41, 5.74) is 4.00. The summed E-state index contributed by atoms with van der Waals surface area (Å²) in [5.74, 6) is -0.422. The number of aromatic amines is 1. The highest BCUT2D eigenvalue weighted by Gasteiger charge is 2.12. The average molecular weight is 440 g/mol. The highest BCUT2D eigenvalue weighted by atomic mass is 16.2. The third-order valence-electron chi connectivity index (χ3n) is 5.50. The standard InChI is InChI=1S/C27H25N3O3/c1-17(30-27(33)21-10-8-20(9-11-21)19-6-4-3-5-7-19)15-28-22-12-13-25-23(14-22)26(32)24(16-29-25)18(2)31/h3-14,16-17,28H,15H2,1-2H3,(H,29,32)(H,30,33)/t17-/m0/s1. The van der Waals surface area contributed by atoms with Crippen molar-refractivity contribution in [1.82, 2.24) is 10.3 Å². The fourth-order valence-electron chi connectivity index (χ4n) is 3.66. The van der Waals surface area contributed by atoms with E-state index in [4.69, 9.17) is 0 Å². The average Bonchev–Trinajstić information content (AvgIpc) is 2.83. The van der Waals surface area contributed by atoms with Crippen LogP contribution in [-0.2, 0) is 0 Å². The van der Waals surface area contributed by atoms with E-state index in [0.29, 0.717) is 23.0 Å². The van der Waals surface area contributed by atoms with E-state index in [2.05, 4.69) is 15.6 Å². The number of anilines is 1. The molecule has 1 heterocycles. The van der Waals surface area contributed by atoms with Gasteiger partial charge in [-0.2, -0.15) is 0 Å². The minimum Gasteiger partial charge on any atom is -0.383 e. The predicted molar refractivity (Wildman–Crippen MR) is 132 cm³/mol. The first kappa shape index (κ1) is 22.0. The van der Waals surface area contributed by atoms with Crippen LogP contribution in [0.25, 0.3) is 22.0 Å².